The Labute approximate surface area is 220 Å². The van der Waals surface area contributed by atoms with Crippen molar-refractivity contribution in [2.75, 3.05) is 43.4 Å². The van der Waals surface area contributed by atoms with E-state index in [4.69, 9.17) is 9.51 Å². The fourth-order valence-corrected chi connectivity index (χ4v) is 4.98. The predicted molar refractivity (Wildman–Crippen MR) is 149 cm³/mol. The van der Waals surface area contributed by atoms with E-state index in [1.807, 2.05) is 37.3 Å². The smallest absolute Gasteiger partial charge is 0.259 e. The number of benzene rings is 1. The van der Waals surface area contributed by atoms with Gasteiger partial charge in [-0.15, -0.1) is 0 Å². The second-order valence-electron chi connectivity index (χ2n) is 9.74. The summed E-state index contributed by atoms with van der Waals surface area (Å²) in [5.74, 6) is 1.53. The van der Waals surface area contributed by atoms with Crippen LogP contribution in [0.3, 0.4) is 0 Å². The summed E-state index contributed by atoms with van der Waals surface area (Å²) in [5, 5.41) is 8.11. The molecule has 4 aromatic rings. The average molecular weight is 511 g/mol. The number of hydrogen-bond donors (Lipinski definition) is 1. The summed E-state index contributed by atoms with van der Waals surface area (Å²) in [6.45, 7) is 8.40. The van der Waals surface area contributed by atoms with E-state index < -0.39 is 0 Å². The lowest BCUT2D eigenvalue weighted by Crippen LogP contribution is -2.44. The first-order valence-corrected chi connectivity index (χ1v) is 12.9. The first-order valence-electron chi connectivity index (χ1n) is 12.9. The van der Waals surface area contributed by atoms with Gasteiger partial charge in [0.1, 0.15) is 5.65 Å². The Morgan fingerprint density at radius 1 is 1.03 bits per heavy atom. The molecule has 38 heavy (non-hydrogen) atoms. The highest BCUT2D eigenvalue weighted by atomic mass is 16.5. The largest absolute Gasteiger partial charge is 0.369 e. The molecule has 0 atom stereocenters. The van der Waals surface area contributed by atoms with E-state index in [2.05, 4.69) is 49.4 Å². The van der Waals surface area contributed by atoms with Gasteiger partial charge in [0.25, 0.3) is 5.56 Å². The lowest BCUT2D eigenvalue weighted by molar-refractivity contribution is 0.313. The minimum Gasteiger partial charge on any atom is -0.369 e. The fourth-order valence-electron chi connectivity index (χ4n) is 4.98. The number of nitrogens with one attached hydrogen (secondary N) is 1. The van der Waals surface area contributed by atoms with Crippen LogP contribution in [0.5, 0.6) is 0 Å². The van der Waals surface area contributed by atoms with Crippen molar-refractivity contribution in [3.05, 3.63) is 76.3 Å². The molecule has 1 aliphatic heterocycles. The van der Waals surface area contributed by atoms with Crippen LogP contribution < -0.4 is 15.8 Å². The number of likely N-dealkylation sites (N-methyl/N-ethyl adjacent to an activating group) is 1. The van der Waals surface area contributed by atoms with Crippen LogP contribution in [0.1, 0.15) is 30.6 Å². The number of pyridine rings is 1. The summed E-state index contributed by atoms with van der Waals surface area (Å²) < 4.78 is 6.81. The van der Waals surface area contributed by atoms with Gasteiger partial charge in [0.05, 0.1) is 0 Å². The Morgan fingerprint density at radius 2 is 1.79 bits per heavy atom. The summed E-state index contributed by atoms with van der Waals surface area (Å²) in [5.41, 5.74) is 5.11. The summed E-state index contributed by atoms with van der Waals surface area (Å²) in [6, 6.07) is 10.2. The van der Waals surface area contributed by atoms with E-state index in [-0.39, 0.29) is 5.56 Å². The summed E-state index contributed by atoms with van der Waals surface area (Å²) in [7, 11) is 2.16. The molecule has 6 rings (SSSR count). The van der Waals surface area contributed by atoms with Gasteiger partial charge in [-0.25, -0.2) is 4.98 Å². The number of aromatic nitrogens is 5. The molecule has 1 N–H and O–H groups in total. The number of rotatable bonds is 6. The van der Waals surface area contributed by atoms with Crippen LogP contribution in [0.25, 0.3) is 22.2 Å². The van der Waals surface area contributed by atoms with Crippen LogP contribution in [0.4, 0.5) is 17.3 Å². The molecule has 0 bridgehead atoms. The molecule has 0 unspecified atom stereocenters. The standard InChI is InChI=1S/C28H30N8O2/c1-4-36-26-21(16-24(27(36)37)19-5-6-20(15-19)25-30-18(2)38-33-25)17-29-28(32-26)31-22-7-9-23(10-8-22)35-13-11-34(3)12-14-35/h5-10,16-17H,4,11-15H2,1-3H3,(H,29,31,32). The quantitative estimate of drug-likeness (QED) is 0.414. The van der Waals surface area contributed by atoms with E-state index in [0.29, 0.717) is 41.8 Å². The maximum atomic E-state index is 13.5. The highest BCUT2D eigenvalue weighted by molar-refractivity contribution is 5.88. The molecule has 1 saturated heterocycles. The third-order valence-corrected chi connectivity index (χ3v) is 7.16. The normalized spacial score (nSPS) is 16.1. The van der Waals surface area contributed by atoms with Crippen molar-refractivity contribution in [3.8, 4) is 0 Å². The molecular formula is C28H30N8O2. The second kappa shape index (κ2) is 9.86. The molecule has 1 aromatic carbocycles. The van der Waals surface area contributed by atoms with Gasteiger partial charge < -0.3 is 19.6 Å². The third-order valence-electron chi connectivity index (χ3n) is 7.16. The molecule has 10 heteroatoms. The fraction of sp³-hybridized carbons (Fsp3) is 0.321. The molecule has 2 aliphatic rings. The number of anilines is 3. The Kier molecular flexibility index (Phi) is 6.24. The highest BCUT2D eigenvalue weighted by Crippen LogP contribution is 2.32. The molecular weight excluding hydrogens is 480 g/mol. The van der Waals surface area contributed by atoms with Crippen LogP contribution in [-0.4, -0.2) is 62.8 Å². The summed E-state index contributed by atoms with van der Waals surface area (Å²) in [4.78, 5) is 31.8. The van der Waals surface area contributed by atoms with Crippen molar-refractivity contribution in [3.63, 3.8) is 0 Å². The van der Waals surface area contributed by atoms with Crippen LogP contribution in [-0.2, 0) is 6.54 Å². The van der Waals surface area contributed by atoms with Gasteiger partial charge >= 0.3 is 0 Å². The van der Waals surface area contributed by atoms with Crippen LogP contribution in [0, 0.1) is 6.92 Å². The van der Waals surface area contributed by atoms with E-state index in [1.165, 1.54) is 5.69 Å². The number of allylic oxidation sites excluding steroid dienone is 4. The molecule has 0 amide bonds. The third kappa shape index (κ3) is 4.58. The van der Waals surface area contributed by atoms with Crippen LogP contribution >= 0.6 is 0 Å². The monoisotopic (exact) mass is 510 g/mol. The zero-order valence-corrected chi connectivity index (χ0v) is 21.8. The molecule has 0 radical (unpaired) electrons. The van der Waals surface area contributed by atoms with Crippen LogP contribution in [0.15, 0.2) is 58.0 Å². The minimum absolute atomic E-state index is 0.0774. The van der Waals surface area contributed by atoms with Crippen molar-refractivity contribution in [2.45, 2.75) is 26.8 Å². The van der Waals surface area contributed by atoms with Crippen molar-refractivity contribution < 1.29 is 4.52 Å². The predicted octanol–water partition coefficient (Wildman–Crippen LogP) is 3.87. The zero-order chi connectivity index (χ0) is 26.2. The van der Waals surface area contributed by atoms with E-state index in [1.54, 1.807) is 17.7 Å². The minimum atomic E-state index is -0.0774. The van der Waals surface area contributed by atoms with E-state index in [9.17, 15) is 4.79 Å². The Hall–Kier alpha value is -4.31. The average Bonchev–Trinajstić information content (AvgIpc) is 3.59. The van der Waals surface area contributed by atoms with Gasteiger partial charge in [-0.3, -0.25) is 9.36 Å². The Balaban J connectivity index is 1.23. The molecule has 194 valence electrons. The Morgan fingerprint density at radius 3 is 2.50 bits per heavy atom. The molecule has 3 aromatic heterocycles. The summed E-state index contributed by atoms with van der Waals surface area (Å²) >= 11 is 0. The highest BCUT2D eigenvalue weighted by Gasteiger charge is 2.20. The number of hydrogen-bond acceptors (Lipinski definition) is 9. The summed E-state index contributed by atoms with van der Waals surface area (Å²) in [6.07, 6.45) is 6.23. The lowest BCUT2D eigenvalue weighted by Gasteiger charge is -2.34. The van der Waals surface area contributed by atoms with E-state index >= 15 is 0 Å². The van der Waals surface area contributed by atoms with Crippen LogP contribution in [0.2, 0.25) is 0 Å². The van der Waals surface area contributed by atoms with Gasteiger partial charge in [0, 0.05) is 80.2 Å². The molecule has 4 heterocycles. The maximum Gasteiger partial charge on any atom is 0.259 e. The van der Waals surface area contributed by atoms with Gasteiger partial charge in [-0.2, -0.15) is 9.97 Å². The van der Waals surface area contributed by atoms with E-state index in [0.717, 1.165) is 48.4 Å². The van der Waals surface area contributed by atoms with Crippen molar-refractivity contribution in [2.24, 2.45) is 0 Å². The first kappa shape index (κ1) is 24.1. The van der Waals surface area contributed by atoms with Crippen molar-refractivity contribution in [1.29, 1.82) is 0 Å². The first-order chi connectivity index (χ1) is 18.5. The molecule has 10 nitrogen and oxygen atoms in total. The SMILES string of the molecule is CCn1c(=O)c(C2=CC=C(c3noc(C)n3)C2)cc2cnc(Nc3ccc(N4CCN(C)CC4)cc3)nc21. The van der Waals surface area contributed by atoms with Crippen molar-refractivity contribution in [1.82, 2.24) is 29.6 Å². The molecule has 0 spiro atoms. The maximum absolute atomic E-state index is 13.5. The molecule has 1 fully saturated rings. The molecule has 0 saturated carbocycles. The Bertz CT molecular complexity index is 1610. The molecule has 1 aliphatic carbocycles. The lowest BCUT2D eigenvalue weighted by atomic mass is 10.0. The number of aryl methyl sites for hydroxylation is 2. The zero-order valence-electron chi connectivity index (χ0n) is 21.8. The van der Waals surface area contributed by atoms with Gasteiger partial charge in [-0.05, 0) is 49.9 Å². The number of fused-ring (bicyclic) bond motifs is 1. The van der Waals surface area contributed by atoms with Crippen molar-refractivity contribution >= 4 is 39.5 Å². The number of nitrogens with zero attached hydrogens (tertiary/aromatic N) is 7. The topological polar surface area (TPSA) is 105 Å². The van der Waals surface area contributed by atoms with Gasteiger partial charge in [0.15, 0.2) is 5.82 Å². The number of piperazine rings is 1. The van der Waals surface area contributed by atoms with Gasteiger partial charge in [-0.1, -0.05) is 17.3 Å². The van der Waals surface area contributed by atoms with Gasteiger partial charge in [0.2, 0.25) is 11.8 Å². The second-order valence-corrected chi connectivity index (χ2v) is 9.74.